The fourth-order valence-corrected chi connectivity index (χ4v) is 3.36. The standard InChI is InChI=1S/C20H25N3O2/c1-3-4-11-19(24)23-12-7-9-16(14-23)13-18-21-20(22-25-18)17-10-6-5-8-15(17)2/h3,5-6,8,10,16H,1,4,7,9,11-14H2,2H3. The van der Waals surface area contributed by atoms with E-state index < -0.39 is 0 Å². The summed E-state index contributed by atoms with van der Waals surface area (Å²) in [7, 11) is 0. The van der Waals surface area contributed by atoms with Crippen molar-refractivity contribution in [1.29, 1.82) is 0 Å². The number of nitrogens with zero attached hydrogens (tertiary/aromatic N) is 3. The van der Waals surface area contributed by atoms with Crippen LogP contribution in [0.1, 0.15) is 37.1 Å². The molecule has 0 bridgehead atoms. The van der Waals surface area contributed by atoms with E-state index in [1.54, 1.807) is 6.08 Å². The van der Waals surface area contributed by atoms with Gasteiger partial charge in [0.2, 0.25) is 17.6 Å². The minimum absolute atomic E-state index is 0.218. The van der Waals surface area contributed by atoms with Crippen molar-refractivity contribution in [3.8, 4) is 11.4 Å². The molecule has 3 rings (SSSR count). The average molecular weight is 339 g/mol. The number of piperidine rings is 1. The van der Waals surface area contributed by atoms with Crippen molar-refractivity contribution in [3.05, 3.63) is 48.4 Å². The van der Waals surface area contributed by atoms with Crippen LogP contribution in [0.3, 0.4) is 0 Å². The van der Waals surface area contributed by atoms with E-state index >= 15 is 0 Å². The molecular formula is C20H25N3O2. The molecule has 0 N–H and O–H groups in total. The van der Waals surface area contributed by atoms with Crippen molar-refractivity contribution in [2.45, 2.75) is 39.0 Å². The van der Waals surface area contributed by atoms with Gasteiger partial charge in [-0.15, -0.1) is 6.58 Å². The normalized spacial score (nSPS) is 17.5. The number of aryl methyl sites for hydroxylation is 1. The Morgan fingerprint density at radius 1 is 1.44 bits per heavy atom. The second-order valence-electron chi connectivity index (χ2n) is 6.71. The van der Waals surface area contributed by atoms with Gasteiger partial charge in [0.25, 0.3) is 0 Å². The van der Waals surface area contributed by atoms with Gasteiger partial charge < -0.3 is 9.42 Å². The van der Waals surface area contributed by atoms with Gasteiger partial charge in [0, 0.05) is 31.5 Å². The van der Waals surface area contributed by atoms with Crippen LogP contribution < -0.4 is 0 Å². The molecule has 25 heavy (non-hydrogen) atoms. The molecule has 132 valence electrons. The Bertz CT molecular complexity index is 738. The topological polar surface area (TPSA) is 59.2 Å². The van der Waals surface area contributed by atoms with E-state index in [2.05, 4.69) is 16.7 Å². The summed E-state index contributed by atoms with van der Waals surface area (Å²) < 4.78 is 5.46. The van der Waals surface area contributed by atoms with Crippen LogP contribution in [0, 0.1) is 12.8 Å². The molecule has 1 aliphatic heterocycles. The number of allylic oxidation sites excluding steroid dienone is 1. The van der Waals surface area contributed by atoms with Crippen LogP contribution in [0.15, 0.2) is 41.4 Å². The van der Waals surface area contributed by atoms with E-state index in [-0.39, 0.29) is 5.91 Å². The second-order valence-corrected chi connectivity index (χ2v) is 6.71. The SMILES string of the molecule is C=CCCC(=O)N1CCCC(Cc2nc(-c3ccccc3C)no2)C1. The molecule has 1 aromatic carbocycles. The van der Waals surface area contributed by atoms with Gasteiger partial charge in [0.15, 0.2) is 0 Å². The quantitative estimate of drug-likeness (QED) is 0.751. The van der Waals surface area contributed by atoms with Crippen LogP contribution in [0.25, 0.3) is 11.4 Å². The van der Waals surface area contributed by atoms with E-state index in [1.807, 2.05) is 36.1 Å². The van der Waals surface area contributed by atoms with E-state index in [0.29, 0.717) is 24.1 Å². The first kappa shape index (κ1) is 17.4. The highest BCUT2D eigenvalue weighted by molar-refractivity contribution is 5.76. The van der Waals surface area contributed by atoms with Gasteiger partial charge in [-0.25, -0.2) is 0 Å². The van der Waals surface area contributed by atoms with Gasteiger partial charge in [-0.3, -0.25) is 4.79 Å². The predicted molar refractivity (Wildman–Crippen MR) is 96.9 cm³/mol. The summed E-state index contributed by atoms with van der Waals surface area (Å²) in [6.45, 7) is 7.35. The summed E-state index contributed by atoms with van der Waals surface area (Å²) in [4.78, 5) is 18.7. The van der Waals surface area contributed by atoms with Crippen molar-refractivity contribution in [2.75, 3.05) is 13.1 Å². The number of likely N-dealkylation sites (tertiary alicyclic amines) is 1. The number of carbonyl (C=O) groups excluding carboxylic acids is 1. The zero-order valence-corrected chi connectivity index (χ0v) is 14.8. The van der Waals surface area contributed by atoms with E-state index in [9.17, 15) is 4.79 Å². The maximum absolute atomic E-state index is 12.2. The lowest BCUT2D eigenvalue weighted by atomic mass is 9.94. The molecule has 1 fully saturated rings. The lowest BCUT2D eigenvalue weighted by Crippen LogP contribution is -2.40. The van der Waals surface area contributed by atoms with Crippen LogP contribution >= 0.6 is 0 Å². The van der Waals surface area contributed by atoms with E-state index in [0.717, 1.165) is 49.9 Å². The number of benzene rings is 1. The summed E-state index contributed by atoms with van der Waals surface area (Å²) >= 11 is 0. The molecule has 5 nitrogen and oxygen atoms in total. The molecule has 0 spiro atoms. The molecule has 1 atom stereocenters. The number of hydrogen-bond donors (Lipinski definition) is 0. The lowest BCUT2D eigenvalue weighted by molar-refractivity contribution is -0.132. The van der Waals surface area contributed by atoms with Crippen LogP contribution in [0.2, 0.25) is 0 Å². The predicted octanol–water partition coefficient (Wildman–Crippen LogP) is 3.79. The minimum Gasteiger partial charge on any atom is -0.342 e. The van der Waals surface area contributed by atoms with Gasteiger partial charge in [-0.05, 0) is 37.7 Å². The minimum atomic E-state index is 0.218. The van der Waals surface area contributed by atoms with E-state index in [4.69, 9.17) is 4.52 Å². The first-order chi connectivity index (χ1) is 12.2. The van der Waals surface area contributed by atoms with Crippen LogP contribution in [0.5, 0.6) is 0 Å². The summed E-state index contributed by atoms with van der Waals surface area (Å²) in [5.41, 5.74) is 2.13. The summed E-state index contributed by atoms with van der Waals surface area (Å²) in [6.07, 6.45) is 5.93. The molecule has 1 aromatic heterocycles. The Hall–Kier alpha value is -2.43. The van der Waals surface area contributed by atoms with Crippen molar-refractivity contribution in [3.63, 3.8) is 0 Å². The third-order valence-corrected chi connectivity index (χ3v) is 4.75. The molecule has 1 aliphatic rings. The Kier molecular flexibility index (Phi) is 5.64. The van der Waals surface area contributed by atoms with Gasteiger partial charge in [0.1, 0.15) is 0 Å². The van der Waals surface area contributed by atoms with Crippen LogP contribution in [0.4, 0.5) is 0 Å². The highest BCUT2D eigenvalue weighted by Crippen LogP contribution is 2.24. The first-order valence-electron chi connectivity index (χ1n) is 8.94. The Morgan fingerprint density at radius 3 is 3.08 bits per heavy atom. The smallest absolute Gasteiger partial charge is 0.227 e. The van der Waals surface area contributed by atoms with Crippen molar-refractivity contribution < 1.29 is 9.32 Å². The molecule has 5 heteroatoms. The third-order valence-electron chi connectivity index (χ3n) is 4.75. The van der Waals surface area contributed by atoms with Gasteiger partial charge >= 0.3 is 0 Å². The maximum Gasteiger partial charge on any atom is 0.227 e. The van der Waals surface area contributed by atoms with Crippen LogP contribution in [-0.4, -0.2) is 34.0 Å². The molecule has 0 saturated carbocycles. The number of aromatic nitrogens is 2. The van der Waals surface area contributed by atoms with Crippen LogP contribution in [-0.2, 0) is 11.2 Å². The monoisotopic (exact) mass is 339 g/mol. The first-order valence-corrected chi connectivity index (χ1v) is 8.94. The molecule has 1 amide bonds. The lowest BCUT2D eigenvalue weighted by Gasteiger charge is -2.32. The molecule has 2 aromatic rings. The highest BCUT2D eigenvalue weighted by atomic mass is 16.5. The molecular weight excluding hydrogens is 314 g/mol. The number of carbonyl (C=O) groups is 1. The summed E-state index contributed by atoms with van der Waals surface area (Å²) in [6, 6.07) is 8.02. The second kappa shape index (κ2) is 8.10. The Balaban J connectivity index is 1.62. The summed E-state index contributed by atoms with van der Waals surface area (Å²) in [5, 5.41) is 4.13. The van der Waals surface area contributed by atoms with Crippen molar-refractivity contribution in [2.24, 2.45) is 5.92 Å². The van der Waals surface area contributed by atoms with Gasteiger partial charge in [0.05, 0.1) is 0 Å². The zero-order chi connectivity index (χ0) is 17.6. The molecule has 1 unspecified atom stereocenters. The fourth-order valence-electron chi connectivity index (χ4n) is 3.36. The molecule has 0 radical (unpaired) electrons. The number of amides is 1. The molecule has 1 saturated heterocycles. The number of hydrogen-bond acceptors (Lipinski definition) is 4. The highest BCUT2D eigenvalue weighted by Gasteiger charge is 2.25. The molecule has 0 aliphatic carbocycles. The van der Waals surface area contributed by atoms with E-state index in [1.165, 1.54) is 0 Å². The largest absolute Gasteiger partial charge is 0.342 e. The Labute approximate surface area is 148 Å². The van der Waals surface area contributed by atoms with Gasteiger partial charge in [-0.1, -0.05) is 35.5 Å². The zero-order valence-electron chi connectivity index (χ0n) is 14.8. The van der Waals surface area contributed by atoms with Crippen molar-refractivity contribution in [1.82, 2.24) is 15.0 Å². The molecule has 2 heterocycles. The summed E-state index contributed by atoms with van der Waals surface area (Å²) in [5.74, 6) is 1.90. The third kappa shape index (κ3) is 4.35. The average Bonchev–Trinajstić information content (AvgIpc) is 3.08. The van der Waals surface area contributed by atoms with Gasteiger partial charge in [-0.2, -0.15) is 4.98 Å². The fraction of sp³-hybridized carbons (Fsp3) is 0.450. The Morgan fingerprint density at radius 2 is 2.28 bits per heavy atom. The maximum atomic E-state index is 12.2. The van der Waals surface area contributed by atoms with Crippen molar-refractivity contribution >= 4 is 5.91 Å². The number of rotatable bonds is 6.